The lowest BCUT2D eigenvalue weighted by Crippen LogP contribution is -2.13. The predicted octanol–water partition coefficient (Wildman–Crippen LogP) is 2.31. The van der Waals surface area contributed by atoms with Gasteiger partial charge in [0.25, 0.3) is 0 Å². The van der Waals surface area contributed by atoms with Crippen molar-refractivity contribution in [3.63, 3.8) is 0 Å². The zero-order chi connectivity index (χ0) is 11.1. The van der Waals surface area contributed by atoms with Crippen molar-refractivity contribution < 1.29 is 0 Å². The minimum Gasteiger partial charge on any atom is -0.332 e. The molecule has 3 nitrogen and oxygen atoms in total. The molecule has 0 amide bonds. The van der Waals surface area contributed by atoms with E-state index in [4.69, 9.17) is 0 Å². The van der Waals surface area contributed by atoms with E-state index in [0.29, 0.717) is 0 Å². The number of nitrogens with one attached hydrogen (secondary N) is 1. The first-order valence-corrected chi connectivity index (χ1v) is 5.68. The lowest BCUT2D eigenvalue weighted by Gasteiger charge is -2.05. The van der Waals surface area contributed by atoms with Crippen LogP contribution in [0.2, 0.25) is 0 Å². The molecule has 0 aliphatic rings. The van der Waals surface area contributed by atoms with Gasteiger partial charge in [-0.3, -0.25) is 0 Å². The van der Waals surface area contributed by atoms with Gasteiger partial charge in [-0.1, -0.05) is 13.0 Å². The second kappa shape index (κ2) is 6.40. The molecule has 0 saturated carbocycles. The van der Waals surface area contributed by atoms with Crippen molar-refractivity contribution in [2.75, 3.05) is 13.1 Å². The molecule has 1 rings (SSSR count). The first-order chi connectivity index (χ1) is 7.29. The Bertz CT molecular complexity index is 312. The maximum absolute atomic E-state index is 4.36. The van der Waals surface area contributed by atoms with E-state index in [1.165, 1.54) is 5.57 Å². The molecule has 0 fully saturated rings. The van der Waals surface area contributed by atoms with Crippen LogP contribution in [0.25, 0.3) is 5.57 Å². The van der Waals surface area contributed by atoms with Crippen LogP contribution in [-0.2, 0) is 6.54 Å². The molecule has 0 bridgehead atoms. The number of aryl methyl sites for hydroxylation is 1. The number of aromatic nitrogens is 2. The minimum absolute atomic E-state index is 0.980. The van der Waals surface area contributed by atoms with E-state index in [1.807, 2.05) is 12.4 Å². The molecule has 0 radical (unpaired) electrons. The van der Waals surface area contributed by atoms with Crippen LogP contribution in [-0.4, -0.2) is 22.6 Å². The summed E-state index contributed by atoms with van der Waals surface area (Å²) in [6.45, 7) is 9.45. The van der Waals surface area contributed by atoms with Crippen LogP contribution in [0.1, 0.15) is 33.0 Å². The van der Waals surface area contributed by atoms with Crippen LogP contribution in [0.5, 0.6) is 0 Å². The number of imidazole rings is 1. The molecule has 0 aliphatic carbocycles. The molecule has 0 saturated heterocycles. The molecule has 84 valence electrons. The monoisotopic (exact) mass is 207 g/mol. The molecule has 1 N–H and O–H groups in total. The summed E-state index contributed by atoms with van der Waals surface area (Å²) in [7, 11) is 0. The second-order valence-corrected chi connectivity index (χ2v) is 3.57. The van der Waals surface area contributed by atoms with Gasteiger partial charge in [0.2, 0.25) is 0 Å². The number of hydrogen-bond acceptors (Lipinski definition) is 2. The Morgan fingerprint density at radius 2 is 2.33 bits per heavy atom. The van der Waals surface area contributed by atoms with Crippen molar-refractivity contribution in [3.05, 3.63) is 24.3 Å². The third-order valence-corrected chi connectivity index (χ3v) is 2.43. The highest BCUT2D eigenvalue weighted by molar-refractivity contribution is 5.57. The quantitative estimate of drug-likeness (QED) is 0.725. The second-order valence-electron chi connectivity index (χ2n) is 3.57. The fraction of sp³-hybridized carbons (Fsp3) is 0.583. The van der Waals surface area contributed by atoms with Gasteiger partial charge in [-0.15, -0.1) is 0 Å². The Kier molecular flexibility index (Phi) is 5.12. The van der Waals surface area contributed by atoms with Crippen molar-refractivity contribution in [2.24, 2.45) is 0 Å². The van der Waals surface area contributed by atoms with Crippen LogP contribution in [0, 0.1) is 0 Å². The largest absolute Gasteiger partial charge is 0.332 e. The van der Waals surface area contributed by atoms with E-state index in [1.54, 1.807) is 0 Å². The molecule has 0 aliphatic heterocycles. The molecular weight excluding hydrogens is 186 g/mol. The predicted molar refractivity (Wildman–Crippen MR) is 64.7 cm³/mol. The van der Waals surface area contributed by atoms with E-state index >= 15 is 0 Å². The van der Waals surface area contributed by atoms with Gasteiger partial charge < -0.3 is 9.88 Å². The average Bonchev–Trinajstić information content (AvgIpc) is 2.72. The highest BCUT2D eigenvalue weighted by Crippen LogP contribution is 2.11. The van der Waals surface area contributed by atoms with Crippen molar-refractivity contribution in [1.82, 2.24) is 14.9 Å². The maximum atomic E-state index is 4.36. The zero-order valence-corrected chi connectivity index (χ0v) is 9.95. The lowest BCUT2D eigenvalue weighted by molar-refractivity contribution is 0.724. The highest BCUT2D eigenvalue weighted by atomic mass is 15.1. The SMILES string of the molecule is CCNCCC=C(C)c1nccn1CC. The van der Waals surface area contributed by atoms with Crippen molar-refractivity contribution in [1.29, 1.82) is 0 Å². The van der Waals surface area contributed by atoms with E-state index in [0.717, 1.165) is 31.9 Å². The zero-order valence-electron chi connectivity index (χ0n) is 9.95. The molecule has 1 heterocycles. The topological polar surface area (TPSA) is 29.9 Å². The fourth-order valence-corrected chi connectivity index (χ4v) is 1.57. The van der Waals surface area contributed by atoms with Crippen LogP contribution in [0.15, 0.2) is 18.5 Å². The summed E-state index contributed by atoms with van der Waals surface area (Å²) in [6.07, 6.45) is 7.20. The van der Waals surface area contributed by atoms with Crippen LogP contribution < -0.4 is 5.32 Å². The Hall–Kier alpha value is -1.09. The van der Waals surface area contributed by atoms with Crippen molar-refractivity contribution in [3.8, 4) is 0 Å². The van der Waals surface area contributed by atoms with Crippen molar-refractivity contribution in [2.45, 2.75) is 33.7 Å². The van der Waals surface area contributed by atoms with Crippen LogP contribution in [0.3, 0.4) is 0 Å². The lowest BCUT2D eigenvalue weighted by atomic mass is 10.2. The average molecular weight is 207 g/mol. The molecule has 3 heteroatoms. The maximum Gasteiger partial charge on any atom is 0.135 e. The highest BCUT2D eigenvalue weighted by Gasteiger charge is 2.01. The summed E-state index contributed by atoms with van der Waals surface area (Å²) in [4.78, 5) is 4.36. The third kappa shape index (κ3) is 3.51. The van der Waals surface area contributed by atoms with E-state index in [2.05, 4.69) is 41.7 Å². The number of hydrogen-bond donors (Lipinski definition) is 1. The molecule has 0 aromatic carbocycles. The van der Waals surface area contributed by atoms with Gasteiger partial charge >= 0.3 is 0 Å². The smallest absolute Gasteiger partial charge is 0.135 e. The van der Waals surface area contributed by atoms with Gasteiger partial charge in [-0.2, -0.15) is 0 Å². The molecule has 0 unspecified atom stereocenters. The molecule has 15 heavy (non-hydrogen) atoms. The molecule has 0 atom stereocenters. The van der Waals surface area contributed by atoms with E-state index in [-0.39, 0.29) is 0 Å². The third-order valence-electron chi connectivity index (χ3n) is 2.43. The van der Waals surface area contributed by atoms with Gasteiger partial charge in [-0.05, 0) is 38.9 Å². The summed E-state index contributed by atoms with van der Waals surface area (Å²) < 4.78 is 2.17. The number of allylic oxidation sites excluding steroid dienone is 1. The van der Waals surface area contributed by atoms with Gasteiger partial charge in [0, 0.05) is 18.9 Å². The molecule has 1 aromatic heterocycles. The normalized spacial score (nSPS) is 12.1. The summed E-state index contributed by atoms with van der Waals surface area (Å²) in [5, 5.41) is 3.31. The summed E-state index contributed by atoms with van der Waals surface area (Å²) >= 11 is 0. The number of nitrogens with zero attached hydrogens (tertiary/aromatic N) is 2. The fourth-order valence-electron chi connectivity index (χ4n) is 1.57. The molecular formula is C12H21N3. The van der Waals surface area contributed by atoms with Gasteiger partial charge in [0.05, 0.1) is 0 Å². The van der Waals surface area contributed by atoms with Gasteiger partial charge in [0.1, 0.15) is 5.82 Å². The minimum atomic E-state index is 0.980. The Morgan fingerprint density at radius 1 is 1.53 bits per heavy atom. The van der Waals surface area contributed by atoms with Crippen molar-refractivity contribution >= 4 is 5.57 Å². The first kappa shape index (κ1) is 12.0. The van der Waals surface area contributed by atoms with E-state index in [9.17, 15) is 0 Å². The van der Waals surface area contributed by atoms with Gasteiger partial charge in [0.15, 0.2) is 0 Å². The van der Waals surface area contributed by atoms with Crippen LogP contribution >= 0.6 is 0 Å². The number of rotatable bonds is 6. The van der Waals surface area contributed by atoms with E-state index < -0.39 is 0 Å². The van der Waals surface area contributed by atoms with Crippen LogP contribution in [0.4, 0.5) is 0 Å². The summed E-state index contributed by atoms with van der Waals surface area (Å²) in [6, 6.07) is 0. The molecule has 1 aromatic rings. The summed E-state index contributed by atoms with van der Waals surface area (Å²) in [5.74, 6) is 1.09. The Morgan fingerprint density at radius 3 is 3.00 bits per heavy atom. The first-order valence-electron chi connectivity index (χ1n) is 5.68. The molecule has 0 spiro atoms. The standard InChI is InChI=1S/C12H21N3/c1-4-13-8-6-7-11(3)12-14-9-10-15(12)5-2/h7,9-10,13H,4-6,8H2,1-3H3. The Balaban J connectivity index is 2.55. The summed E-state index contributed by atoms with van der Waals surface area (Å²) in [5.41, 5.74) is 1.26. The van der Waals surface area contributed by atoms with Gasteiger partial charge in [-0.25, -0.2) is 4.98 Å². The Labute approximate surface area is 92.2 Å².